The molecule has 0 aromatic rings. The molecule has 0 heterocycles. The van der Waals surface area contributed by atoms with Crippen molar-refractivity contribution in [3.63, 3.8) is 0 Å². The summed E-state index contributed by atoms with van der Waals surface area (Å²) >= 11 is 0. The van der Waals surface area contributed by atoms with Gasteiger partial charge in [-0.1, -0.05) is 6.08 Å². The van der Waals surface area contributed by atoms with Gasteiger partial charge in [0.2, 0.25) is 5.91 Å². The lowest BCUT2D eigenvalue weighted by Crippen LogP contribution is -2.29. The van der Waals surface area contributed by atoms with Gasteiger partial charge in [0.15, 0.2) is 0 Å². The fraction of sp³-hybridized carbons (Fsp3) is 0.571. The summed E-state index contributed by atoms with van der Waals surface area (Å²) in [5, 5.41) is 2.11. The van der Waals surface area contributed by atoms with Gasteiger partial charge in [-0.15, -0.1) is 6.58 Å². The number of amides is 1. The van der Waals surface area contributed by atoms with E-state index in [1.165, 1.54) is 6.08 Å². The van der Waals surface area contributed by atoms with Crippen LogP contribution >= 0.6 is 0 Å². The molecular weight excluding hydrogens is 171 g/mol. The molecule has 0 fully saturated rings. The number of alkyl halides is 3. The van der Waals surface area contributed by atoms with Crippen LogP contribution in [0.5, 0.6) is 0 Å². The van der Waals surface area contributed by atoms with Crippen LogP contribution in [-0.2, 0) is 4.79 Å². The number of rotatable bonds is 4. The smallest absolute Gasteiger partial charge is 0.356 e. The van der Waals surface area contributed by atoms with Gasteiger partial charge in [-0.2, -0.15) is 13.2 Å². The molecule has 0 aromatic carbocycles. The Bertz CT molecular complexity index is 165. The first-order valence-electron chi connectivity index (χ1n) is 3.40. The van der Waals surface area contributed by atoms with Gasteiger partial charge >= 0.3 is 6.18 Å². The molecule has 1 N–H and O–H groups in total. The van der Waals surface area contributed by atoms with E-state index in [0.717, 1.165) is 0 Å². The molecule has 0 aliphatic heterocycles. The summed E-state index contributed by atoms with van der Waals surface area (Å²) < 4.78 is 34.6. The summed E-state index contributed by atoms with van der Waals surface area (Å²) in [5.74, 6) is -0.996. The second kappa shape index (κ2) is 4.79. The molecule has 12 heavy (non-hydrogen) atoms. The molecule has 1 amide bonds. The van der Waals surface area contributed by atoms with E-state index in [1.54, 1.807) is 0 Å². The molecule has 0 saturated heterocycles. The van der Waals surface area contributed by atoms with Crippen molar-refractivity contribution in [3.05, 3.63) is 12.7 Å². The van der Waals surface area contributed by atoms with E-state index in [0.29, 0.717) is 6.42 Å². The summed E-state index contributed by atoms with van der Waals surface area (Å²) in [6.07, 6.45) is -3.83. The van der Waals surface area contributed by atoms with Gasteiger partial charge in [-0.05, 0) is 6.42 Å². The summed E-state index contributed by atoms with van der Waals surface area (Å²) in [6, 6.07) is 0. The van der Waals surface area contributed by atoms with Gasteiger partial charge in [0.1, 0.15) is 6.42 Å². The molecule has 0 aliphatic carbocycles. The van der Waals surface area contributed by atoms with Crippen molar-refractivity contribution in [2.45, 2.75) is 19.0 Å². The Morgan fingerprint density at radius 1 is 1.50 bits per heavy atom. The van der Waals surface area contributed by atoms with Crippen molar-refractivity contribution >= 4 is 5.91 Å². The van der Waals surface area contributed by atoms with Gasteiger partial charge in [0.05, 0.1) is 0 Å². The second-order valence-corrected chi connectivity index (χ2v) is 2.22. The Kier molecular flexibility index (Phi) is 4.39. The highest BCUT2D eigenvalue weighted by atomic mass is 19.4. The van der Waals surface area contributed by atoms with Gasteiger partial charge in [-0.3, -0.25) is 4.79 Å². The van der Waals surface area contributed by atoms with E-state index in [9.17, 15) is 18.0 Å². The average Bonchev–Trinajstić information content (AvgIpc) is 1.84. The van der Waals surface area contributed by atoms with E-state index in [2.05, 4.69) is 11.9 Å². The van der Waals surface area contributed by atoms with Crippen molar-refractivity contribution in [2.24, 2.45) is 0 Å². The van der Waals surface area contributed by atoms with Crippen molar-refractivity contribution < 1.29 is 18.0 Å². The number of carbonyl (C=O) groups excluding carboxylic acids is 1. The predicted molar refractivity (Wildman–Crippen MR) is 38.5 cm³/mol. The van der Waals surface area contributed by atoms with Crippen molar-refractivity contribution in [1.82, 2.24) is 5.32 Å². The Hall–Kier alpha value is -1.00. The third-order valence-corrected chi connectivity index (χ3v) is 1.03. The van der Waals surface area contributed by atoms with Crippen LogP contribution in [0.25, 0.3) is 0 Å². The molecule has 0 spiro atoms. The fourth-order valence-electron chi connectivity index (χ4n) is 0.558. The molecule has 0 atom stereocenters. The average molecular weight is 181 g/mol. The Morgan fingerprint density at radius 3 is 2.50 bits per heavy atom. The van der Waals surface area contributed by atoms with E-state index in [-0.39, 0.29) is 6.54 Å². The highest BCUT2D eigenvalue weighted by Crippen LogP contribution is 2.18. The molecule has 0 bridgehead atoms. The quantitative estimate of drug-likeness (QED) is 0.518. The van der Waals surface area contributed by atoms with Crippen molar-refractivity contribution in [3.8, 4) is 0 Å². The summed E-state index contributed by atoms with van der Waals surface area (Å²) in [6.45, 7) is 3.57. The standard InChI is InChI=1S/C7H10F3NO/c1-2-3-4-11-6(12)5-7(8,9)10/h2H,1,3-5H2,(H,11,12). The van der Waals surface area contributed by atoms with Gasteiger partial charge < -0.3 is 5.32 Å². The number of halogens is 3. The highest BCUT2D eigenvalue weighted by molar-refractivity contribution is 5.76. The molecule has 0 saturated carbocycles. The van der Waals surface area contributed by atoms with Crippen LogP contribution < -0.4 is 5.32 Å². The maximum atomic E-state index is 11.5. The van der Waals surface area contributed by atoms with Crippen LogP contribution in [0.2, 0.25) is 0 Å². The minimum atomic E-state index is -4.42. The van der Waals surface area contributed by atoms with Crippen LogP contribution in [0.1, 0.15) is 12.8 Å². The first kappa shape index (κ1) is 11.0. The maximum absolute atomic E-state index is 11.5. The van der Waals surface area contributed by atoms with Gasteiger partial charge in [0, 0.05) is 6.54 Å². The Labute approximate surface area is 68.4 Å². The molecule has 2 nitrogen and oxygen atoms in total. The number of hydrogen-bond donors (Lipinski definition) is 1. The normalized spacial score (nSPS) is 10.9. The summed E-state index contributed by atoms with van der Waals surface area (Å²) in [5.41, 5.74) is 0. The lowest BCUT2D eigenvalue weighted by atomic mass is 10.3. The third kappa shape index (κ3) is 7.11. The predicted octanol–water partition coefficient (Wildman–Crippen LogP) is 1.63. The van der Waals surface area contributed by atoms with E-state index in [4.69, 9.17) is 0 Å². The molecule has 0 radical (unpaired) electrons. The SMILES string of the molecule is C=CCCNC(=O)CC(F)(F)F. The lowest BCUT2D eigenvalue weighted by Gasteiger charge is -2.05. The number of hydrogen-bond acceptors (Lipinski definition) is 1. The first-order chi connectivity index (χ1) is 5.45. The van der Waals surface area contributed by atoms with Crippen LogP contribution in [0.3, 0.4) is 0 Å². The molecule has 0 aromatic heterocycles. The van der Waals surface area contributed by atoms with E-state index >= 15 is 0 Å². The molecule has 0 aliphatic rings. The zero-order valence-electron chi connectivity index (χ0n) is 6.45. The maximum Gasteiger partial charge on any atom is 0.397 e. The molecular formula is C7H10F3NO. The highest BCUT2D eigenvalue weighted by Gasteiger charge is 2.30. The monoisotopic (exact) mass is 181 g/mol. The zero-order chi connectivity index (χ0) is 9.61. The largest absolute Gasteiger partial charge is 0.397 e. The van der Waals surface area contributed by atoms with Gasteiger partial charge in [0.25, 0.3) is 0 Å². The first-order valence-corrected chi connectivity index (χ1v) is 3.40. The summed E-state index contributed by atoms with van der Waals surface area (Å²) in [7, 11) is 0. The zero-order valence-corrected chi connectivity index (χ0v) is 6.45. The minimum absolute atomic E-state index is 0.207. The van der Waals surface area contributed by atoms with Gasteiger partial charge in [-0.25, -0.2) is 0 Å². The number of nitrogens with one attached hydrogen (secondary N) is 1. The number of carbonyl (C=O) groups is 1. The fourth-order valence-corrected chi connectivity index (χ4v) is 0.558. The van der Waals surface area contributed by atoms with Crippen molar-refractivity contribution in [2.75, 3.05) is 6.54 Å². The summed E-state index contributed by atoms with van der Waals surface area (Å²) in [4.78, 5) is 10.5. The van der Waals surface area contributed by atoms with Crippen molar-refractivity contribution in [1.29, 1.82) is 0 Å². The lowest BCUT2D eigenvalue weighted by molar-refractivity contribution is -0.153. The second-order valence-electron chi connectivity index (χ2n) is 2.22. The van der Waals surface area contributed by atoms with Crippen LogP contribution in [0.15, 0.2) is 12.7 Å². The van der Waals surface area contributed by atoms with Crippen LogP contribution in [-0.4, -0.2) is 18.6 Å². The topological polar surface area (TPSA) is 29.1 Å². The Morgan fingerprint density at radius 2 is 2.08 bits per heavy atom. The molecule has 0 unspecified atom stereocenters. The molecule has 0 rings (SSSR count). The van der Waals surface area contributed by atoms with Crippen LogP contribution in [0, 0.1) is 0 Å². The van der Waals surface area contributed by atoms with Crippen LogP contribution in [0.4, 0.5) is 13.2 Å². The third-order valence-electron chi connectivity index (χ3n) is 1.03. The minimum Gasteiger partial charge on any atom is -0.356 e. The van der Waals surface area contributed by atoms with E-state index in [1.807, 2.05) is 0 Å². The van der Waals surface area contributed by atoms with E-state index < -0.39 is 18.5 Å². The molecule has 5 heteroatoms. The Balaban J connectivity index is 3.53. The molecule has 70 valence electrons.